The van der Waals surface area contributed by atoms with E-state index in [0.29, 0.717) is 66.2 Å². The summed E-state index contributed by atoms with van der Waals surface area (Å²) in [5, 5.41) is 26.5. The third kappa shape index (κ3) is 15.7. The van der Waals surface area contributed by atoms with Gasteiger partial charge in [-0.25, -0.2) is 8.78 Å². The minimum absolute atomic E-state index is 0. The highest BCUT2D eigenvalue weighted by molar-refractivity contribution is 8.27. The average molecular weight is 886 g/mol. The van der Waals surface area contributed by atoms with Crippen molar-refractivity contribution in [3.63, 3.8) is 0 Å². The fourth-order valence-corrected chi connectivity index (χ4v) is 6.77. The van der Waals surface area contributed by atoms with Crippen LogP contribution >= 0.6 is 48.0 Å². The molecule has 312 valence electrons. The van der Waals surface area contributed by atoms with Crippen molar-refractivity contribution in [2.24, 2.45) is 0 Å². The topological polar surface area (TPSA) is 189 Å². The van der Waals surface area contributed by atoms with E-state index in [2.05, 4.69) is 13.2 Å². The minimum Gasteiger partial charge on any atom is -0.504 e. The number of phenols is 2. The second kappa shape index (κ2) is 25.4. The van der Waals surface area contributed by atoms with E-state index in [9.17, 15) is 33.4 Å². The van der Waals surface area contributed by atoms with Crippen molar-refractivity contribution >= 4 is 98.1 Å². The predicted octanol–water partition coefficient (Wildman–Crippen LogP) is 9.35. The van der Waals surface area contributed by atoms with E-state index in [1.54, 1.807) is 42.5 Å². The quantitative estimate of drug-likeness (QED) is 0.0510. The number of hydrogen-bond acceptors (Lipinski definition) is 13. The molecule has 2 heterocycles. The first kappa shape index (κ1) is 51.1. The number of halogens is 2. The van der Waals surface area contributed by atoms with Gasteiger partial charge in [0.2, 0.25) is 5.91 Å². The average Bonchev–Trinajstić information content (AvgIpc) is 3.67. The lowest BCUT2D eigenvalue weighted by Crippen LogP contribution is -2.27. The van der Waals surface area contributed by atoms with Gasteiger partial charge in [-0.1, -0.05) is 86.8 Å². The number of thiocarbonyl (C=S) groups is 2. The summed E-state index contributed by atoms with van der Waals surface area (Å²) in [6, 6.07) is 20.5. The lowest BCUT2D eigenvalue weighted by molar-refractivity contribution is -0.134. The normalized spacial score (nSPS) is 13.2. The Bertz CT molecular complexity index is 2150. The molecule has 2 fully saturated rings. The molecule has 2 aliphatic rings. The third-order valence-corrected chi connectivity index (χ3v) is 9.49. The molecular formula is C41H41F2N3O9S4. The Morgan fingerprint density at radius 1 is 0.797 bits per heavy atom. The van der Waals surface area contributed by atoms with Crippen LogP contribution in [0.1, 0.15) is 30.3 Å². The Labute approximate surface area is 359 Å². The van der Waals surface area contributed by atoms with Gasteiger partial charge in [0.25, 0.3) is 11.9 Å². The molecule has 59 heavy (non-hydrogen) atoms. The molecule has 0 radical (unpaired) electrons. The molecule has 0 saturated carbocycles. The fourth-order valence-electron chi connectivity index (χ4n) is 4.38. The summed E-state index contributed by atoms with van der Waals surface area (Å²) in [6.07, 6.45) is 5.50. The van der Waals surface area contributed by atoms with Crippen LogP contribution in [0.15, 0.2) is 115 Å². The number of aromatic hydroxyl groups is 2. The van der Waals surface area contributed by atoms with Crippen LogP contribution in [0, 0.1) is 11.6 Å². The first-order chi connectivity index (χ1) is 27.2. The van der Waals surface area contributed by atoms with E-state index in [4.69, 9.17) is 43.8 Å². The van der Waals surface area contributed by atoms with Gasteiger partial charge in [0.1, 0.15) is 35.5 Å². The summed E-state index contributed by atoms with van der Waals surface area (Å²) < 4.78 is 37.1. The molecule has 6 N–H and O–H groups in total. The molecule has 0 unspecified atom stereocenters. The number of carboxylic acid groups (broad SMARTS) is 1. The number of carbonyl (C=O) groups is 4. The lowest BCUT2D eigenvalue weighted by atomic mass is 10.2. The van der Waals surface area contributed by atoms with Crippen LogP contribution in [0.2, 0.25) is 0 Å². The third-order valence-electron chi connectivity index (χ3n) is 6.83. The van der Waals surface area contributed by atoms with Crippen LogP contribution in [-0.2, 0) is 14.4 Å². The summed E-state index contributed by atoms with van der Waals surface area (Å²) >= 11 is 12.8. The van der Waals surface area contributed by atoms with Crippen LogP contribution in [0.5, 0.6) is 23.0 Å². The van der Waals surface area contributed by atoms with Crippen molar-refractivity contribution in [3.05, 3.63) is 138 Å². The van der Waals surface area contributed by atoms with E-state index < -0.39 is 5.97 Å². The number of anilines is 2. The molecule has 4 aromatic rings. The number of aldehydes is 1. The van der Waals surface area contributed by atoms with Gasteiger partial charge < -0.3 is 30.9 Å². The largest absolute Gasteiger partial charge is 0.504 e. The molecule has 0 bridgehead atoms. The Hall–Kier alpha value is -5.92. The van der Waals surface area contributed by atoms with Crippen LogP contribution in [0.4, 0.5) is 20.2 Å². The summed E-state index contributed by atoms with van der Waals surface area (Å²) in [5.74, 6) is -0.881. The molecule has 0 atom stereocenters. The molecule has 2 amide bonds. The van der Waals surface area contributed by atoms with Crippen LogP contribution in [-0.4, -0.2) is 67.0 Å². The van der Waals surface area contributed by atoms with Gasteiger partial charge in [-0.15, -0.1) is 0 Å². The molecule has 6 rings (SSSR count). The van der Waals surface area contributed by atoms with Crippen molar-refractivity contribution in [3.8, 4) is 23.0 Å². The summed E-state index contributed by atoms with van der Waals surface area (Å²) in [5.41, 5.74) is 2.29. The van der Waals surface area contributed by atoms with Crippen molar-refractivity contribution < 1.29 is 52.8 Å². The number of amides is 2. The van der Waals surface area contributed by atoms with E-state index in [-0.39, 0.29) is 55.1 Å². The molecule has 0 spiro atoms. The molecule has 12 nitrogen and oxygen atoms in total. The fraction of sp³-hybridized carbons (Fsp3) is 0.122. The lowest BCUT2D eigenvalue weighted by Gasteiger charge is -2.14. The molecule has 18 heteroatoms. The zero-order valence-electron chi connectivity index (χ0n) is 30.7. The summed E-state index contributed by atoms with van der Waals surface area (Å²) in [4.78, 5) is 46.7. The predicted molar refractivity (Wildman–Crippen MR) is 239 cm³/mol. The zero-order valence-corrected chi connectivity index (χ0v) is 34.0. The van der Waals surface area contributed by atoms with Crippen molar-refractivity contribution in [1.82, 2.24) is 6.15 Å². The SMILES string of the molecule is C.C=CCOc1cc(/C=C2\SC(=S)N(c3ccc(F)cc3)C2=O)ccc1O.C=CCOc1cc(C=O)ccc1O.CC(=O)O.N.O=C1CSC(=S)N1c1ccc(F)cc1. The van der Waals surface area contributed by atoms with Gasteiger partial charge in [0, 0.05) is 12.5 Å². The van der Waals surface area contributed by atoms with Crippen molar-refractivity contribution in [2.75, 3.05) is 28.8 Å². The second-order valence-electron chi connectivity index (χ2n) is 11.0. The number of carboxylic acids is 1. The number of benzene rings is 4. The van der Waals surface area contributed by atoms with Gasteiger partial charge in [-0.3, -0.25) is 29.0 Å². The second-order valence-corrected chi connectivity index (χ2v) is 14.3. The Balaban J connectivity index is 0.000000448. The first-order valence-corrected chi connectivity index (χ1v) is 18.9. The Morgan fingerprint density at radius 2 is 1.24 bits per heavy atom. The molecular weight excluding hydrogens is 845 g/mol. The number of ether oxygens (including phenoxy) is 2. The number of thioether (sulfide) groups is 2. The Kier molecular flexibility index (Phi) is 22.0. The van der Waals surface area contributed by atoms with Gasteiger partial charge in [0.05, 0.1) is 22.0 Å². The Morgan fingerprint density at radius 3 is 1.66 bits per heavy atom. The molecule has 0 aliphatic carbocycles. The number of rotatable bonds is 10. The minimum atomic E-state index is -0.833. The number of aliphatic carboxylic acids is 1. The monoisotopic (exact) mass is 885 g/mol. The van der Waals surface area contributed by atoms with Crippen LogP contribution in [0.25, 0.3) is 6.08 Å². The van der Waals surface area contributed by atoms with Crippen LogP contribution in [0.3, 0.4) is 0 Å². The standard InChI is InChI=1S/C19H14FNO3S2.C10H10O3.C9H6FNOS2.C2H4O2.CH4.H3N/c1-2-9-24-16-10-12(3-8-15(16)22)11-17-18(23)21(19(25)26-17)14-6-4-13(20)5-7-14;1-2-5-13-10-6-8(7-11)3-4-9(10)12;10-6-1-3-7(4-2-6)11-8(12)5-14-9(11)13;1-2(3)4;;/h2-8,10-11,22H,1,9H2;2-4,6-7,12H,1,5H2;1-4H,5H2;1H3,(H,3,4);1H4;1H3/b17-11-;;;;;. The van der Waals surface area contributed by atoms with Gasteiger partial charge >= 0.3 is 0 Å². The first-order valence-electron chi connectivity index (χ1n) is 16.3. The van der Waals surface area contributed by atoms with E-state index in [1.807, 2.05) is 0 Å². The molecule has 2 aliphatic heterocycles. The van der Waals surface area contributed by atoms with Gasteiger partial charge in [-0.05, 0) is 90.5 Å². The van der Waals surface area contributed by atoms with Gasteiger partial charge in [-0.2, -0.15) is 0 Å². The maximum Gasteiger partial charge on any atom is 0.300 e. The van der Waals surface area contributed by atoms with Gasteiger partial charge in [0.15, 0.2) is 27.3 Å². The van der Waals surface area contributed by atoms with Crippen LogP contribution < -0.4 is 25.4 Å². The highest BCUT2D eigenvalue weighted by atomic mass is 32.2. The maximum absolute atomic E-state index is 13.1. The summed E-state index contributed by atoms with van der Waals surface area (Å²) in [7, 11) is 0. The van der Waals surface area contributed by atoms with Crippen molar-refractivity contribution in [1.29, 1.82) is 0 Å². The van der Waals surface area contributed by atoms with E-state index >= 15 is 0 Å². The molecule has 0 aromatic heterocycles. The maximum atomic E-state index is 13.1. The highest BCUT2D eigenvalue weighted by Crippen LogP contribution is 2.37. The zero-order chi connectivity index (χ0) is 42.1. The number of nitrogens with zero attached hydrogens (tertiary/aromatic N) is 2. The highest BCUT2D eigenvalue weighted by Gasteiger charge is 2.33. The van der Waals surface area contributed by atoms with Crippen molar-refractivity contribution in [2.45, 2.75) is 14.4 Å². The summed E-state index contributed by atoms with van der Waals surface area (Å²) in [6.45, 7) is 8.67. The molecule has 2 saturated heterocycles. The number of hydrogen-bond donors (Lipinski definition) is 4. The smallest absolute Gasteiger partial charge is 0.300 e. The number of carbonyl (C=O) groups excluding carboxylic acids is 3. The van der Waals surface area contributed by atoms with E-state index in [1.165, 1.54) is 82.2 Å². The molecule has 4 aromatic carbocycles. The van der Waals surface area contributed by atoms with E-state index in [0.717, 1.165) is 18.7 Å². The number of phenolic OH excluding ortho intramolecular Hbond substituents is 2.